The van der Waals surface area contributed by atoms with E-state index in [4.69, 9.17) is 10.5 Å². The summed E-state index contributed by atoms with van der Waals surface area (Å²) < 4.78 is 0. The van der Waals surface area contributed by atoms with Crippen LogP contribution in [0.1, 0.15) is 25.7 Å². The third-order valence-corrected chi connectivity index (χ3v) is 1.97. The Bertz CT molecular complexity index is 190. The van der Waals surface area contributed by atoms with Crippen LogP contribution in [0.25, 0.3) is 0 Å². The number of nitrogens with zero attached hydrogens (tertiary/aromatic N) is 2. The zero-order valence-corrected chi connectivity index (χ0v) is 5.72. The molecule has 3 heteroatoms. The van der Waals surface area contributed by atoms with Gasteiger partial charge in [-0.1, -0.05) is 0 Å². The van der Waals surface area contributed by atoms with Crippen LogP contribution in [-0.2, 0) is 0 Å². The Morgan fingerprint density at radius 1 is 1.20 bits per heavy atom. The first-order valence-electron chi connectivity index (χ1n) is 3.40. The van der Waals surface area contributed by atoms with Crippen molar-refractivity contribution in [3.63, 3.8) is 0 Å². The fourth-order valence-electron chi connectivity index (χ4n) is 1.35. The lowest BCUT2D eigenvalue weighted by Crippen LogP contribution is -2.37. The quantitative estimate of drug-likeness (QED) is 0.429. The minimum atomic E-state index is -0.519. The van der Waals surface area contributed by atoms with Crippen molar-refractivity contribution in [2.45, 2.75) is 31.2 Å². The van der Waals surface area contributed by atoms with Gasteiger partial charge >= 0.3 is 0 Å². The molecule has 1 rings (SSSR count). The lowest BCUT2D eigenvalue weighted by Gasteiger charge is -2.16. The lowest BCUT2D eigenvalue weighted by atomic mass is 10.0. The van der Waals surface area contributed by atoms with Gasteiger partial charge in [0.25, 0.3) is 0 Å². The van der Waals surface area contributed by atoms with E-state index in [0.29, 0.717) is 0 Å². The molecule has 0 aromatic heterocycles. The third-order valence-electron chi connectivity index (χ3n) is 1.97. The maximum absolute atomic E-state index is 8.68. The molecule has 10 heavy (non-hydrogen) atoms. The predicted molar refractivity (Wildman–Crippen MR) is 35.6 cm³/mol. The third kappa shape index (κ3) is 1.04. The minimum Gasteiger partial charge on any atom is -0.304 e. The molecule has 0 radical (unpaired) electrons. The van der Waals surface area contributed by atoms with E-state index in [0.717, 1.165) is 25.7 Å². The van der Waals surface area contributed by atoms with E-state index in [1.165, 1.54) is 0 Å². The van der Waals surface area contributed by atoms with Gasteiger partial charge in [0.05, 0.1) is 6.07 Å². The zero-order chi connectivity index (χ0) is 7.45. The Morgan fingerprint density at radius 2 is 1.80 bits per heavy atom. The van der Waals surface area contributed by atoms with Crippen molar-refractivity contribution in [1.82, 2.24) is 5.32 Å². The molecular formula is C7H9N3. The fraction of sp³-hybridized carbons (Fsp3) is 0.714. The molecule has 1 aliphatic carbocycles. The molecule has 52 valence electrons. The van der Waals surface area contributed by atoms with Gasteiger partial charge in [-0.2, -0.15) is 10.5 Å². The van der Waals surface area contributed by atoms with Crippen LogP contribution < -0.4 is 5.32 Å². The highest BCUT2D eigenvalue weighted by atomic mass is 15.0. The molecule has 1 saturated carbocycles. The molecule has 0 aromatic carbocycles. The van der Waals surface area contributed by atoms with Crippen molar-refractivity contribution in [2.75, 3.05) is 0 Å². The highest BCUT2D eigenvalue weighted by molar-refractivity contribution is 5.12. The minimum absolute atomic E-state index is 0.519. The highest BCUT2D eigenvalue weighted by Crippen LogP contribution is 2.28. The normalized spacial score (nSPS) is 21.0. The largest absolute Gasteiger partial charge is 0.304 e. The summed E-state index contributed by atoms with van der Waals surface area (Å²) in [4.78, 5) is 0. The van der Waals surface area contributed by atoms with Crippen LogP contribution in [0.2, 0.25) is 0 Å². The first-order valence-corrected chi connectivity index (χ1v) is 3.40. The second kappa shape index (κ2) is 2.58. The SMILES string of the molecule is N#CNC1(C#N)CCCC1. The van der Waals surface area contributed by atoms with E-state index in [1.807, 2.05) is 6.19 Å². The molecule has 1 aliphatic rings. The molecule has 0 aliphatic heterocycles. The number of nitrogens with one attached hydrogen (secondary N) is 1. The maximum atomic E-state index is 8.68. The van der Waals surface area contributed by atoms with Crippen LogP contribution in [0.15, 0.2) is 0 Å². The Kier molecular flexibility index (Phi) is 1.78. The van der Waals surface area contributed by atoms with Crippen molar-refractivity contribution in [3.8, 4) is 12.3 Å². The second-order valence-corrected chi connectivity index (χ2v) is 2.64. The second-order valence-electron chi connectivity index (χ2n) is 2.64. The van der Waals surface area contributed by atoms with E-state index >= 15 is 0 Å². The molecule has 0 unspecified atom stereocenters. The summed E-state index contributed by atoms with van der Waals surface area (Å²) in [6.45, 7) is 0. The van der Waals surface area contributed by atoms with Gasteiger partial charge in [0, 0.05) is 0 Å². The maximum Gasteiger partial charge on any atom is 0.177 e. The first-order chi connectivity index (χ1) is 4.83. The Hall–Kier alpha value is -1.22. The average Bonchev–Trinajstić information content (AvgIpc) is 2.39. The van der Waals surface area contributed by atoms with Crippen molar-refractivity contribution < 1.29 is 0 Å². The molecule has 0 aromatic rings. The first kappa shape index (κ1) is 6.89. The summed E-state index contributed by atoms with van der Waals surface area (Å²) in [5.74, 6) is 0. The van der Waals surface area contributed by atoms with E-state index in [1.54, 1.807) is 0 Å². The van der Waals surface area contributed by atoms with Gasteiger partial charge in [-0.3, -0.25) is 0 Å². The molecule has 0 heterocycles. The molecule has 0 saturated heterocycles. The number of rotatable bonds is 1. The van der Waals surface area contributed by atoms with Gasteiger partial charge in [0.2, 0.25) is 0 Å². The van der Waals surface area contributed by atoms with Crippen molar-refractivity contribution in [1.29, 1.82) is 10.5 Å². The van der Waals surface area contributed by atoms with Crippen molar-refractivity contribution >= 4 is 0 Å². The van der Waals surface area contributed by atoms with Crippen molar-refractivity contribution in [2.24, 2.45) is 0 Å². The fourth-order valence-corrected chi connectivity index (χ4v) is 1.35. The summed E-state index contributed by atoms with van der Waals surface area (Å²) in [6, 6.07) is 2.14. The number of nitriles is 2. The van der Waals surface area contributed by atoms with Crippen molar-refractivity contribution in [3.05, 3.63) is 0 Å². The van der Waals surface area contributed by atoms with Crippen LogP contribution in [0.3, 0.4) is 0 Å². The van der Waals surface area contributed by atoms with E-state index in [-0.39, 0.29) is 0 Å². The zero-order valence-electron chi connectivity index (χ0n) is 5.72. The Labute approximate surface area is 60.3 Å². The topological polar surface area (TPSA) is 59.6 Å². The van der Waals surface area contributed by atoms with E-state index in [2.05, 4.69) is 11.4 Å². The molecular weight excluding hydrogens is 126 g/mol. The van der Waals surface area contributed by atoms with E-state index < -0.39 is 5.54 Å². The summed E-state index contributed by atoms with van der Waals surface area (Å²) in [7, 11) is 0. The number of hydrogen-bond donors (Lipinski definition) is 1. The van der Waals surface area contributed by atoms with Crippen LogP contribution in [0.4, 0.5) is 0 Å². The molecule has 0 amide bonds. The molecule has 0 spiro atoms. The summed E-state index contributed by atoms with van der Waals surface area (Å²) >= 11 is 0. The molecule has 0 bridgehead atoms. The smallest absolute Gasteiger partial charge is 0.177 e. The standard InChI is InChI=1S/C7H9N3/c8-5-7(10-6-9)3-1-2-4-7/h10H,1-4H2. The highest BCUT2D eigenvalue weighted by Gasteiger charge is 2.33. The Balaban J connectivity index is 2.62. The van der Waals surface area contributed by atoms with Gasteiger partial charge < -0.3 is 5.32 Å². The average molecular weight is 135 g/mol. The summed E-state index contributed by atoms with van der Waals surface area (Å²) in [5.41, 5.74) is -0.519. The monoisotopic (exact) mass is 135 g/mol. The van der Waals surface area contributed by atoms with Crippen LogP contribution in [0.5, 0.6) is 0 Å². The predicted octanol–water partition coefficient (Wildman–Crippen LogP) is 0.893. The Morgan fingerprint density at radius 3 is 2.20 bits per heavy atom. The van der Waals surface area contributed by atoms with E-state index in [9.17, 15) is 0 Å². The van der Waals surface area contributed by atoms with Gasteiger partial charge in [-0.15, -0.1) is 0 Å². The number of hydrogen-bond acceptors (Lipinski definition) is 3. The summed E-state index contributed by atoms with van der Waals surface area (Å²) in [6.07, 6.45) is 5.58. The molecule has 1 N–H and O–H groups in total. The van der Waals surface area contributed by atoms with Crippen LogP contribution in [0, 0.1) is 22.8 Å². The molecule has 1 fully saturated rings. The molecule has 0 atom stereocenters. The van der Waals surface area contributed by atoms with Gasteiger partial charge in [-0.25, -0.2) is 0 Å². The van der Waals surface area contributed by atoms with Gasteiger partial charge in [0.1, 0.15) is 5.54 Å². The molecule has 3 nitrogen and oxygen atoms in total. The van der Waals surface area contributed by atoms with Crippen LogP contribution in [-0.4, -0.2) is 5.54 Å². The van der Waals surface area contributed by atoms with Crippen LogP contribution >= 0.6 is 0 Å². The summed E-state index contributed by atoms with van der Waals surface area (Å²) in [5, 5.41) is 19.5. The van der Waals surface area contributed by atoms with Gasteiger partial charge in [0.15, 0.2) is 6.19 Å². The lowest BCUT2D eigenvalue weighted by molar-refractivity contribution is 0.491. The van der Waals surface area contributed by atoms with Gasteiger partial charge in [-0.05, 0) is 25.7 Å².